The Morgan fingerprint density at radius 2 is 1.80 bits per heavy atom. The lowest BCUT2D eigenvalue weighted by molar-refractivity contribution is 0.0742. The summed E-state index contributed by atoms with van der Waals surface area (Å²) in [6.45, 7) is 10.7. The third kappa shape index (κ3) is 4.73. The maximum Gasteiger partial charge on any atom is 0.256 e. The molecule has 2 aromatic heterocycles. The number of hydrogen-bond donors (Lipinski definition) is 1. The van der Waals surface area contributed by atoms with Crippen LogP contribution in [-0.2, 0) is 0 Å². The molecule has 7 nitrogen and oxygen atoms in total. The molecule has 35 heavy (non-hydrogen) atoms. The van der Waals surface area contributed by atoms with E-state index in [9.17, 15) is 9.18 Å². The van der Waals surface area contributed by atoms with Crippen LogP contribution in [0.25, 0.3) is 16.2 Å². The molecule has 5 rings (SSSR count). The number of aryl methyl sites for hydroxylation is 1. The Morgan fingerprint density at radius 1 is 1.06 bits per heavy atom. The molecule has 1 N–H and O–H groups in total. The second kappa shape index (κ2) is 8.96. The topological polar surface area (TPSA) is 65.8 Å². The van der Waals surface area contributed by atoms with Gasteiger partial charge in [0.1, 0.15) is 11.5 Å². The summed E-state index contributed by atoms with van der Waals surface area (Å²) >= 11 is 1.54. The SMILES string of the molecule is Cc1cccc(-c2nc3sc(N4CCN(C(=O)c5ccccc5F)CC4)nn3c2NC(C)(C)C)c1. The minimum absolute atomic E-state index is 0.121. The second-order valence-corrected chi connectivity index (χ2v) is 10.8. The van der Waals surface area contributed by atoms with Crippen molar-refractivity contribution in [3.05, 3.63) is 65.5 Å². The average Bonchev–Trinajstić information content (AvgIpc) is 3.37. The third-order valence-corrected chi connectivity index (χ3v) is 6.89. The number of carbonyl (C=O) groups is 1. The van der Waals surface area contributed by atoms with Gasteiger partial charge in [0.2, 0.25) is 10.1 Å². The Hall–Kier alpha value is -3.46. The van der Waals surface area contributed by atoms with Crippen LogP contribution in [-0.4, -0.2) is 57.1 Å². The van der Waals surface area contributed by atoms with Crippen molar-refractivity contribution in [1.29, 1.82) is 0 Å². The first-order valence-electron chi connectivity index (χ1n) is 11.7. The van der Waals surface area contributed by atoms with Crippen LogP contribution < -0.4 is 10.2 Å². The van der Waals surface area contributed by atoms with Gasteiger partial charge in [-0.15, -0.1) is 5.10 Å². The maximum absolute atomic E-state index is 14.1. The number of anilines is 2. The Morgan fingerprint density at radius 3 is 2.49 bits per heavy atom. The maximum atomic E-state index is 14.1. The number of nitrogens with zero attached hydrogens (tertiary/aromatic N) is 5. The van der Waals surface area contributed by atoms with Crippen LogP contribution in [0.4, 0.5) is 15.3 Å². The molecule has 1 aliphatic rings. The highest BCUT2D eigenvalue weighted by molar-refractivity contribution is 7.20. The molecule has 0 atom stereocenters. The van der Waals surface area contributed by atoms with Crippen molar-refractivity contribution < 1.29 is 9.18 Å². The third-order valence-electron chi connectivity index (χ3n) is 5.92. The summed E-state index contributed by atoms with van der Waals surface area (Å²) in [4.78, 5) is 22.4. The van der Waals surface area contributed by atoms with Gasteiger partial charge in [-0.2, -0.15) is 4.52 Å². The number of fused-ring (bicyclic) bond motifs is 1. The molecule has 0 radical (unpaired) electrons. The van der Waals surface area contributed by atoms with Crippen molar-refractivity contribution in [1.82, 2.24) is 19.5 Å². The van der Waals surface area contributed by atoms with Gasteiger partial charge in [-0.3, -0.25) is 4.79 Å². The van der Waals surface area contributed by atoms with Gasteiger partial charge in [-0.05, 0) is 45.9 Å². The predicted octanol–water partition coefficient (Wildman–Crippen LogP) is 5.08. The van der Waals surface area contributed by atoms with Gasteiger partial charge in [-0.1, -0.05) is 47.2 Å². The van der Waals surface area contributed by atoms with Crippen molar-refractivity contribution in [2.45, 2.75) is 33.2 Å². The molecule has 2 aromatic carbocycles. The number of hydrogen-bond acceptors (Lipinski definition) is 6. The van der Waals surface area contributed by atoms with E-state index in [1.165, 1.54) is 29.0 Å². The number of benzene rings is 2. The first kappa shape index (κ1) is 23.3. The van der Waals surface area contributed by atoms with E-state index < -0.39 is 5.82 Å². The molecule has 3 heterocycles. The summed E-state index contributed by atoms with van der Waals surface area (Å²) in [6.07, 6.45) is 0. The Balaban J connectivity index is 1.39. The van der Waals surface area contributed by atoms with Crippen LogP contribution in [0.1, 0.15) is 36.7 Å². The number of carbonyl (C=O) groups excluding carboxylic acids is 1. The molecule has 0 unspecified atom stereocenters. The van der Waals surface area contributed by atoms with Crippen LogP contribution in [0.5, 0.6) is 0 Å². The molecular weight excluding hydrogens is 463 g/mol. The monoisotopic (exact) mass is 492 g/mol. The molecule has 0 saturated carbocycles. The summed E-state index contributed by atoms with van der Waals surface area (Å²) in [5.41, 5.74) is 3.06. The molecule has 1 fully saturated rings. The van der Waals surface area contributed by atoms with Crippen LogP contribution in [0.3, 0.4) is 0 Å². The van der Waals surface area contributed by atoms with Crippen molar-refractivity contribution in [3.8, 4) is 11.3 Å². The standard InChI is InChI=1S/C26H29FN6OS/c1-17-8-7-9-18(16-17)21-22(29-26(2,3)4)33-24(28-21)35-25(30-33)32-14-12-31(13-15-32)23(34)19-10-5-6-11-20(19)27/h5-11,16,29H,12-15H2,1-4H3. The van der Waals surface area contributed by atoms with Gasteiger partial charge in [-0.25, -0.2) is 9.37 Å². The lowest BCUT2D eigenvalue weighted by Crippen LogP contribution is -2.49. The number of halogens is 1. The van der Waals surface area contributed by atoms with Crippen molar-refractivity contribution in [2.24, 2.45) is 0 Å². The Bertz CT molecular complexity index is 1380. The van der Waals surface area contributed by atoms with Gasteiger partial charge in [0.05, 0.1) is 5.56 Å². The highest BCUT2D eigenvalue weighted by Gasteiger charge is 2.27. The summed E-state index contributed by atoms with van der Waals surface area (Å²) in [7, 11) is 0. The lowest BCUT2D eigenvalue weighted by Gasteiger charge is -2.34. The molecule has 4 aromatic rings. The minimum Gasteiger partial charge on any atom is -0.364 e. The van der Waals surface area contributed by atoms with Gasteiger partial charge in [0.25, 0.3) is 5.91 Å². The van der Waals surface area contributed by atoms with Crippen LogP contribution in [0.2, 0.25) is 0 Å². The van der Waals surface area contributed by atoms with E-state index in [0.29, 0.717) is 26.2 Å². The molecule has 0 bridgehead atoms. The summed E-state index contributed by atoms with van der Waals surface area (Å²) in [5, 5.41) is 9.35. The van der Waals surface area contributed by atoms with Gasteiger partial charge >= 0.3 is 0 Å². The normalized spacial score (nSPS) is 14.5. The Kier molecular flexibility index (Phi) is 5.96. The van der Waals surface area contributed by atoms with E-state index in [0.717, 1.165) is 27.2 Å². The first-order valence-corrected chi connectivity index (χ1v) is 12.5. The molecule has 1 amide bonds. The number of amides is 1. The fourth-order valence-corrected chi connectivity index (χ4v) is 5.19. The van der Waals surface area contributed by atoms with E-state index in [2.05, 4.69) is 56.1 Å². The zero-order chi connectivity index (χ0) is 24.7. The van der Waals surface area contributed by atoms with E-state index in [4.69, 9.17) is 10.1 Å². The van der Waals surface area contributed by atoms with Gasteiger partial charge in [0, 0.05) is 37.3 Å². The average molecular weight is 493 g/mol. The fraction of sp³-hybridized carbons (Fsp3) is 0.346. The number of nitrogens with one attached hydrogen (secondary N) is 1. The molecule has 182 valence electrons. The number of rotatable bonds is 4. The molecule has 0 spiro atoms. The van der Waals surface area contributed by atoms with E-state index in [-0.39, 0.29) is 17.0 Å². The lowest BCUT2D eigenvalue weighted by atomic mass is 10.1. The molecule has 0 aliphatic carbocycles. The van der Waals surface area contributed by atoms with Crippen molar-refractivity contribution in [2.75, 3.05) is 36.4 Å². The number of aromatic nitrogens is 3. The summed E-state index contributed by atoms with van der Waals surface area (Å²) in [6, 6.07) is 14.5. The molecule has 1 saturated heterocycles. The number of imidazole rings is 1. The predicted molar refractivity (Wildman–Crippen MR) is 139 cm³/mol. The second-order valence-electron chi connectivity index (χ2n) is 9.89. The minimum atomic E-state index is -0.482. The fourth-order valence-electron chi connectivity index (χ4n) is 4.23. The smallest absolute Gasteiger partial charge is 0.256 e. The highest BCUT2D eigenvalue weighted by atomic mass is 32.1. The van der Waals surface area contributed by atoms with Crippen LogP contribution in [0.15, 0.2) is 48.5 Å². The van der Waals surface area contributed by atoms with Crippen LogP contribution in [0, 0.1) is 12.7 Å². The quantitative estimate of drug-likeness (QED) is 0.431. The zero-order valence-corrected chi connectivity index (χ0v) is 21.2. The number of piperazine rings is 1. The Labute approximate surface area is 208 Å². The molecular formula is C26H29FN6OS. The summed E-state index contributed by atoms with van der Waals surface area (Å²) < 4.78 is 16.0. The van der Waals surface area contributed by atoms with E-state index >= 15 is 0 Å². The molecule has 1 aliphatic heterocycles. The first-order chi connectivity index (χ1) is 16.7. The van der Waals surface area contributed by atoms with Gasteiger partial charge < -0.3 is 15.1 Å². The highest BCUT2D eigenvalue weighted by Crippen LogP contribution is 2.35. The van der Waals surface area contributed by atoms with Crippen molar-refractivity contribution in [3.63, 3.8) is 0 Å². The van der Waals surface area contributed by atoms with Crippen molar-refractivity contribution >= 4 is 33.2 Å². The zero-order valence-electron chi connectivity index (χ0n) is 20.4. The largest absolute Gasteiger partial charge is 0.364 e. The molecule has 9 heteroatoms. The summed E-state index contributed by atoms with van der Waals surface area (Å²) in [5.74, 6) is 0.120. The van der Waals surface area contributed by atoms with E-state index in [1.54, 1.807) is 17.0 Å². The van der Waals surface area contributed by atoms with E-state index in [1.807, 2.05) is 10.6 Å². The van der Waals surface area contributed by atoms with Gasteiger partial charge in [0.15, 0.2) is 5.82 Å². The van der Waals surface area contributed by atoms with Crippen LogP contribution >= 0.6 is 11.3 Å².